The molecule has 0 aliphatic heterocycles. The van der Waals surface area contributed by atoms with Crippen LogP contribution < -0.4 is 0 Å². The second-order valence-electron chi connectivity index (χ2n) is 3.00. The monoisotopic (exact) mass is 210 g/mol. The zero-order chi connectivity index (χ0) is 10.3. The van der Waals surface area contributed by atoms with Crippen molar-refractivity contribution in [2.75, 3.05) is 0 Å². The predicted octanol–water partition coefficient (Wildman–Crippen LogP) is 3.05. The fourth-order valence-electron chi connectivity index (χ4n) is 1.40. The maximum Gasteiger partial charge on any atom is 0.346 e. The minimum absolute atomic E-state index is 0.283. The van der Waals surface area contributed by atoms with Gasteiger partial charge in [-0.25, -0.2) is 9.18 Å². The van der Waals surface area contributed by atoms with Crippen LogP contribution in [0.3, 0.4) is 0 Å². The van der Waals surface area contributed by atoms with Crippen molar-refractivity contribution in [1.29, 1.82) is 0 Å². The summed E-state index contributed by atoms with van der Waals surface area (Å²) in [7, 11) is 0. The van der Waals surface area contributed by atoms with Gasteiger partial charge in [0.1, 0.15) is 10.7 Å². The summed E-state index contributed by atoms with van der Waals surface area (Å²) >= 11 is 1.17. The summed E-state index contributed by atoms with van der Waals surface area (Å²) in [5, 5.41) is 9.54. The predicted molar refractivity (Wildman–Crippen MR) is 53.5 cm³/mol. The number of halogens is 1. The summed E-state index contributed by atoms with van der Waals surface area (Å²) in [4.78, 5) is 11.1. The van der Waals surface area contributed by atoms with Crippen molar-refractivity contribution in [3.63, 3.8) is 0 Å². The molecule has 0 atom stereocenters. The largest absolute Gasteiger partial charge is 0.477 e. The normalized spacial score (nSPS) is 10.7. The van der Waals surface area contributed by atoms with Gasteiger partial charge in [-0.3, -0.25) is 0 Å². The molecule has 0 radical (unpaired) electrons. The van der Waals surface area contributed by atoms with E-state index in [0.29, 0.717) is 10.9 Å². The molecule has 0 fully saturated rings. The zero-order valence-corrected chi connectivity index (χ0v) is 8.19. The van der Waals surface area contributed by atoms with Gasteiger partial charge >= 0.3 is 5.97 Å². The molecular formula is C10H7FO2S. The fourth-order valence-corrected chi connectivity index (χ4v) is 2.43. The van der Waals surface area contributed by atoms with Crippen LogP contribution in [0.15, 0.2) is 18.2 Å². The van der Waals surface area contributed by atoms with E-state index >= 15 is 0 Å². The molecule has 0 bridgehead atoms. The van der Waals surface area contributed by atoms with Crippen LogP contribution in [0.2, 0.25) is 0 Å². The lowest BCUT2D eigenvalue weighted by Gasteiger charge is -1.91. The Balaban J connectivity index is 2.80. The molecule has 2 rings (SSSR count). The lowest BCUT2D eigenvalue weighted by atomic mass is 10.1. The number of rotatable bonds is 1. The van der Waals surface area contributed by atoms with Gasteiger partial charge in [-0.1, -0.05) is 0 Å². The lowest BCUT2D eigenvalue weighted by Crippen LogP contribution is -1.93. The highest BCUT2D eigenvalue weighted by Gasteiger charge is 2.14. The molecule has 1 N–H and O–H groups in total. The zero-order valence-electron chi connectivity index (χ0n) is 7.37. The quantitative estimate of drug-likeness (QED) is 0.785. The summed E-state index contributed by atoms with van der Waals surface area (Å²) in [5.74, 6) is -1.29. The third-order valence-electron chi connectivity index (χ3n) is 2.09. The Morgan fingerprint density at radius 2 is 2.21 bits per heavy atom. The van der Waals surface area contributed by atoms with Crippen LogP contribution in [-0.2, 0) is 0 Å². The molecule has 2 aromatic rings. The molecule has 1 aromatic carbocycles. The summed E-state index contributed by atoms with van der Waals surface area (Å²) in [6, 6.07) is 4.31. The van der Waals surface area contributed by atoms with Crippen LogP contribution >= 0.6 is 11.3 Å². The van der Waals surface area contributed by atoms with E-state index < -0.39 is 5.97 Å². The second-order valence-corrected chi connectivity index (χ2v) is 4.05. The third kappa shape index (κ3) is 1.28. The first kappa shape index (κ1) is 9.15. The number of carboxylic acids is 1. The topological polar surface area (TPSA) is 37.3 Å². The van der Waals surface area contributed by atoms with Crippen molar-refractivity contribution >= 4 is 27.4 Å². The van der Waals surface area contributed by atoms with Crippen molar-refractivity contribution in [3.05, 3.63) is 34.5 Å². The number of aromatic carboxylic acids is 1. The number of fused-ring (bicyclic) bond motifs is 1. The van der Waals surface area contributed by atoms with Gasteiger partial charge in [0.05, 0.1) is 0 Å². The van der Waals surface area contributed by atoms with Gasteiger partial charge < -0.3 is 5.11 Å². The summed E-state index contributed by atoms with van der Waals surface area (Å²) < 4.78 is 13.7. The van der Waals surface area contributed by atoms with Crippen LogP contribution in [-0.4, -0.2) is 11.1 Å². The molecule has 0 spiro atoms. The van der Waals surface area contributed by atoms with Crippen LogP contribution in [0.1, 0.15) is 15.2 Å². The Morgan fingerprint density at radius 3 is 2.86 bits per heavy atom. The van der Waals surface area contributed by atoms with E-state index in [-0.39, 0.29) is 10.7 Å². The van der Waals surface area contributed by atoms with Gasteiger partial charge in [-0.05, 0) is 36.1 Å². The third-order valence-corrected chi connectivity index (χ3v) is 3.35. The minimum atomic E-state index is -0.955. The number of carboxylic acid groups (broad SMARTS) is 1. The number of hydrogen-bond donors (Lipinski definition) is 1. The Hall–Kier alpha value is -1.42. The highest BCUT2D eigenvalue weighted by Crippen LogP contribution is 2.31. The van der Waals surface area contributed by atoms with Crippen molar-refractivity contribution in [2.24, 2.45) is 0 Å². The maximum absolute atomic E-state index is 12.9. The maximum atomic E-state index is 12.9. The molecule has 0 saturated heterocycles. The minimum Gasteiger partial charge on any atom is -0.477 e. The van der Waals surface area contributed by atoms with Crippen LogP contribution in [0, 0.1) is 12.7 Å². The molecule has 14 heavy (non-hydrogen) atoms. The fraction of sp³-hybridized carbons (Fsp3) is 0.100. The molecule has 0 saturated carbocycles. The highest BCUT2D eigenvalue weighted by molar-refractivity contribution is 7.21. The molecule has 0 amide bonds. The molecule has 2 nitrogen and oxygen atoms in total. The number of aryl methyl sites for hydroxylation is 1. The lowest BCUT2D eigenvalue weighted by molar-refractivity contribution is 0.0701. The van der Waals surface area contributed by atoms with Crippen LogP contribution in [0.5, 0.6) is 0 Å². The van der Waals surface area contributed by atoms with Gasteiger partial charge in [0, 0.05) is 4.70 Å². The van der Waals surface area contributed by atoms with Crippen molar-refractivity contribution < 1.29 is 14.3 Å². The summed E-state index contributed by atoms with van der Waals surface area (Å²) in [6.07, 6.45) is 0. The van der Waals surface area contributed by atoms with Crippen LogP contribution in [0.4, 0.5) is 4.39 Å². The van der Waals surface area contributed by atoms with Crippen molar-refractivity contribution in [3.8, 4) is 0 Å². The first-order valence-corrected chi connectivity index (χ1v) is 4.83. The molecule has 0 aliphatic carbocycles. The van der Waals surface area contributed by atoms with E-state index in [1.54, 1.807) is 13.0 Å². The SMILES string of the molecule is Cc1c(C(=O)O)sc2ccc(F)cc12. The van der Waals surface area contributed by atoms with Gasteiger partial charge in [0.2, 0.25) is 0 Å². The molecule has 1 aromatic heterocycles. The van der Waals surface area contributed by atoms with Gasteiger partial charge in [0.15, 0.2) is 0 Å². The number of benzene rings is 1. The summed E-state index contributed by atoms with van der Waals surface area (Å²) in [6.45, 7) is 1.70. The van der Waals surface area contributed by atoms with E-state index in [9.17, 15) is 9.18 Å². The summed E-state index contributed by atoms with van der Waals surface area (Å²) in [5.41, 5.74) is 0.636. The first-order chi connectivity index (χ1) is 6.59. The average Bonchev–Trinajstić information content (AvgIpc) is 2.44. The number of thiophene rings is 1. The highest BCUT2D eigenvalue weighted by atomic mass is 32.1. The number of carbonyl (C=O) groups is 1. The Bertz CT molecular complexity index is 516. The standard InChI is InChI=1S/C10H7FO2S/c1-5-7-4-6(11)2-3-8(7)14-9(5)10(12)13/h2-4H,1H3,(H,12,13). The molecule has 1 heterocycles. The van der Waals surface area contributed by atoms with E-state index in [0.717, 1.165) is 4.70 Å². The van der Waals surface area contributed by atoms with Gasteiger partial charge in [0.25, 0.3) is 0 Å². The van der Waals surface area contributed by atoms with E-state index in [2.05, 4.69) is 0 Å². The van der Waals surface area contributed by atoms with E-state index in [1.807, 2.05) is 0 Å². The first-order valence-electron chi connectivity index (χ1n) is 4.01. The average molecular weight is 210 g/mol. The van der Waals surface area contributed by atoms with Gasteiger partial charge in [-0.2, -0.15) is 0 Å². The Labute approximate surface area is 83.6 Å². The second kappa shape index (κ2) is 3.06. The molecule has 0 unspecified atom stereocenters. The molecule has 0 aliphatic rings. The van der Waals surface area contributed by atoms with Crippen molar-refractivity contribution in [1.82, 2.24) is 0 Å². The molecule has 4 heteroatoms. The molecular weight excluding hydrogens is 203 g/mol. The van der Waals surface area contributed by atoms with Crippen molar-refractivity contribution in [2.45, 2.75) is 6.92 Å². The Morgan fingerprint density at radius 1 is 1.50 bits per heavy atom. The smallest absolute Gasteiger partial charge is 0.346 e. The van der Waals surface area contributed by atoms with Gasteiger partial charge in [-0.15, -0.1) is 11.3 Å². The number of hydrogen-bond acceptors (Lipinski definition) is 2. The van der Waals surface area contributed by atoms with E-state index in [1.165, 1.54) is 23.5 Å². The molecule has 72 valence electrons. The van der Waals surface area contributed by atoms with E-state index in [4.69, 9.17) is 5.11 Å². The van der Waals surface area contributed by atoms with Crippen LogP contribution in [0.25, 0.3) is 10.1 Å². The Kier molecular flexibility index (Phi) is 2.00.